The molecule has 1 heterocycles. The number of carboxylic acid groups (broad SMARTS) is 1. The maximum Gasteiger partial charge on any atom is 0.304 e. The molecule has 0 bridgehead atoms. The van der Waals surface area contributed by atoms with Gasteiger partial charge in [-0.05, 0) is 6.42 Å². The number of aromatic nitrogens is 2. The normalized spacial score (nSPS) is 12.4. The van der Waals surface area contributed by atoms with E-state index in [9.17, 15) is 4.79 Å². The van der Waals surface area contributed by atoms with Gasteiger partial charge in [0, 0.05) is 24.5 Å². The second-order valence-corrected chi connectivity index (χ2v) is 3.21. The van der Waals surface area contributed by atoms with Crippen LogP contribution < -0.4 is 0 Å². The average Bonchev–Trinajstić information content (AvgIpc) is 2.18. The first-order valence-electron chi connectivity index (χ1n) is 4.71. The molecular formula is C10H14N2O2. The number of nitrogens with zero attached hydrogens (tertiary/aromatic N) is 2. The summed E-state index contributed by atoms with van der Waals surface area (Å²) in [7, 11) is 0. The third-order valence-electron chi connectivity index (χ3n) is 2.06. The SMILES string of the molecule is CCCC(CC(=O)O)c1cnccn1. The molecule has 1 aromatic rings. The van der Waals surface area contributed by atoms with Crippen molar-refractivity contribution in [3.8, 4) is 0 Å². The van der Waals surface area contributed by atoms with Crippen LogP contribution in [0, 0.1) is 0 Å². The molecule has 4 heteroatoms. The molecule has 0 fully saturated rings. The first-order chi connectivity index (χ1) is 6.74. The van der Waals surface area contributed by atoms with Crippen molar-refractivity contribution in [2.24, 2.45) is 0 Å². The third-order valence-corrected chi connectivity index (χ3v) is 2.06. The molecule has 1 N–H and O–H groups in total. The van der Waals surface area contributed by atoms with E-state index >= 15 is 0 Å². The van der Waals surface area contributed by atoms with Crippen LogP contribution in [0.4, 0.5) is 0 Å². The monoisotopic (exact) mass is 194 g/mol. The molecule has 1 atom stereocenters. The molecule has 0 aliphatic rings. The molecule has 0 spiro atoms. The fraction of sp³-hybridized carbons (Fsp3) is 0.500. The van der Waals surface area contributed by atoms with Crippen LogP contribution in [-0.2, 0) is 4.79 Å². The number of carboxylic acids is 1. The minimum atomic E-state index is -0.783. The van der Waals surface area contributed by atoms with Crippen molar-refractivity contribution in [3.05, 3.63) is 24.3 Å². The van der Waals surface area contributed by atoms with Gasteiger partial charge in [-0.3, -0.25) is 14.8 Å². The Balaban J connectivity index is 2.72. The molecule has 0 saturated heterocycles. The highest BCUT2D eigenvalue weighted by atomic mass is 16.4. The van der Waals surface area contributed by atoms with Gasteiger partial charge in [-0.2, -0.15) is 0 Å². The van der Waals surface area contributed by atoms with E-state index < -0.39 is 5.97 Å². The van der Waals surface area contributed by atoms with Crippen LogP contribution in [-0.4, -0.2) is 21.0 Å². The standard InChI is InChI=1S/C10H14N2O2/c1-2-3-8(6-10(13)14)9-7-11-4-5-12-9/h4-5,7-8H,2-3,6H2,1H3,(H,13,14). The molecule has 4 nitrogen and oxygen atoms in total. The summed E-state index contributed by atoms with van der Waals surface area (Å²) in [6.45, 7) is 2.03. The maximum absolute atomic E-state index is 10.6. The van der Waals surface area contributed by atoms with Crippen LogP contribution in [0.2, 0.25) is 0 Å². The third kappa shape index (κ3) is 3.12. The highest BCUT2D eigenvalue weighted by Crippen LogP contribution is 2.21. The van der Waals surface area contributed by atoms with Gasteiger partial charge in [0.2, 0.25) is 0 Å². The van der Waals surface area contributed by atoms with E-state index in [1.54, 1.807) is 18.6 Å². The minimum absolute atomic E-state index is 0.00815. The lowest BCUT2D eigenvalue weighted by atomic mass is 9.96. The smallest absolute Gasteiger partial charge is 0.304 e. The van der Waals surface area contributed by atoms with E-state index in [1.807, 2.05) is 6.92 Å². The van der Waals surface area contributed by atoms with Gasteiger partial charge in [-0.15, -0.1) is 0 Å². The second-order valence-electron chi connectivity index (χ2n) is 3.21. The van der Waals surface area contributed by atoms with Gasteiger partial charge in [0.05, 0.1) is 12.1 Å². The van der Waals surface area contributed by atoms with Gasteiger partial charge in [0.25, 0.3) is 0 Å². The van der Waals surface area contributed by atoms with Gasteiger partial charge in [-0.1, -0.05) is 13.3 Å². The zero-order valence-corrected chi connectivity index (χ0v) is 8.18. The highest BCUT2D eigenvalue weighted by molar-refractivity contribution is 5.67. The first-order valence-corrected chi connectivity index (χ1v) is 4.71. The first kappa shape index (κ1) is 10.6. The summed E-state index contributed by atoms with van der Waals surface area (Å²) in [5, 5.41) is 8.72. The number of rotatable bonds is 5. The zero-order chi connectivity index (χ0) is 10.4. The van der Waals surface area contributed by atoms with Crippen molar-refractivity contribution in [1.82, 2.24) is 9.97 Å². The second kappa shape index (κ2) is 5.32. The number of carbonyl (C=O) groups is 1. The summed E-state index contributed by atoms with van der Waals surface area (Å²) in [6, 6.07) is 0. The molecule has 1 unspecified atom stereocenters. The minimum Gasteiger partial charge on any atom is -0.481 e. The van der Waals surface area contributed by atoms with Crippen molar-refractivity contribution < 1.29 is 9.90 Å². The fourth-order valence-corrected chi connectivity index (χ4v) is 1.44. The van der Waals surface area contributed by atoms with Crippen molar-refractivity contribution in [1.29, 1.82) is 0 Å². The van der Waals surface area contributed by atoms with Gasteiger partial charge in [0.1, 0.15) is 0 Å². The Hall–Kier alpha value is -1.45. The Morgan fingerprint density at radius 1 is 1.57 bits per heavy atom. The van der Waals surface area contributed by atoms with Crippen LogP contribution in [0.15, 0.2) is 18.6 Å². The average molecular weight is 194 g/mol. The molecule has 1 aromatic heterocycles. The number of hydrogen-bond donors (Lipinski definition) is 1. The Morgan fingerprint density at radius 2 is 2.36 bits per heavy atom. The van der Waals surface area contributed by atoms with Crippen LogP contribution >= 0.6 is 0 Å². The van der Waals surface area contributed by atoms with Gasteiger partial charge < -0.3 is 5.11 Å². The predicted molar refractivity (Wildman–Crippen MR) is 51.9 cm³/mol. The van der Waals surface area contributed by atoms with E-state index in [-0.39, 0.29) is 12.3 Å². The van der Waals surface area contributed by atoms with Gasteiger partial charge in [0.15, 0.2) is 0 Å². The molecule has 1 rings (SSSR count). The maximum atomic E-state index is 10.6. The summed E-state index contributed by atoms with van der Waals surface area (Å²) in [5.74, 6) is -0.791. The summed E-state index contributed by atoms with van der Waals surface area (Å²) >= 11 is 0. The van der Waals surface area contributed by atoms with Crippen LogP contribution in [0.5, 0.6) is 0 Å². The quantitative estimate of drug-likeness (QED) is 0.776. The van der Waals surface area contributed by atoms with Gasteiger partial charge in [-0.25, -0.2) is 0 Å². The van der Waals surface area contributed by atoms with E-state index in [0.717, 1.165) is 18.5 Å². The predicted octanol–water partition coefficient (Wildman–Crippen LogP) is 1.83. The van der Waals surface area contributed by atoms with E-state index in [0.29, 0.717) is 0 Å². The lowest BCUT2D eigenvalue weighted by molar-refractivity contribution is -0.137. The lowest BCUT2D eigenvalue weighted by Gasteiger charge is -2.11. The van der Waals surface area contributed by atoms with Crippen molar-refractivity contribution in [3.63, 3.8) is 0 Å². The molecule has 14 heavy (non-hydrogen) atoms. The van der Waals surface area contributed by atoms with Gasteiger partial charge >= 0.3 is 5.97 Å². The molecule has 0 aromatic carbocycles. The van der Waals surface area contributed by atoms with Crippen LogP contribution in [0.1, 0.15) is 37.8 Å². The molecule has 0 aliphatic carbocycles. The Kier molecular flexibility index (Phi) is 4.04. The summed E-state index contributed by atoms with van der Waals surface area (Å²) < 4.78 is 0. The Bertz CT molecular complexity index is 287. The lowest BCUT2D eigenvalue weighted by Crippen LogP contribution is -2.08. The molecule has 0 radical (unpaired) electrons. The van der Waals surface area contributed by atoms with Crippen molar-refractivity contribution in [2.45, 2.75) is 32.1 Å². The molecule has 0 saturated carbocycles. The van der Waals surface area contributed by atoms with E-state index in [1.165, 1.54) is 0 Å². The number of hydrogen-bond acceptors (Lipinski definition) is 3. The number of aliphatic carboxylic acids is 1. The van der Waals surface area contributed by atoms with Crippen LogP contribution in [0.25, 0.3) is 0 Å². The molecule has 0 aliphatic heterocycles. The largest absolute Gasteiger partial charge is 0.481 e. The van der Waals surface area contributed by atoms with Crippen molar-refractivity contribution >= 4 is 5.97 Å². The molecule has 0 amide bonds. The zero-order valence-electron chi connectivity index (χ0n) is 8.18. The van der Waals surface area contributed by atoms with E-state index in [2.05, 4.69) is 9.97 Å². The highest BCUT2D eigenvalue weighted by Gasteiger charge is 2.15. The van der Waals surface area contributed by atoms with Crippen molar-refractivity contribution in [2.75, 3.05) is 0 Å². The fourth-order valence-electron chi connectivity index (χ4n) is 1.44. The summed E-state index contributed by atoms with van der Waals surface area (Å²) in [4.78, 5) is 18.7. The molecule has 76 valence electrons. The van der Waals surface area contributed by atoms with E-state index in [4.69, 9.17) is 5.11 Å². The Labute approximate surface area is 83.0 Å². The summed E-state index contributed by atoms with van der Waals surface area (Å²) in [5.41, 5.74) is 0.775. The van der Waals surface area contributed by atoms with Crippen LogP contribution in [0.3, 0.4) is 0 Å². The topological polar surface area (TPSA) is 63.1 Å². The molecular weight excluding hydrogens is 180 g/mol. The summed E-state index contributed by atoms with van der Waals surface area (Å²) in [6.07, 6.45) is 6.75. The Morgan fingerprint density at radius 3 is 2.86 bits per heavy atom.